The number of hydrogen-bond donors (Lipinski definition) is 2. The number of hydrogen-bond acceptors (Lipinski definition) is 10. The van der Waals surface area contributed by atoms with Crippen molar-refractivity contribution in [2.24, 2.45) is 17.8 Å². The van der Waals surface area contributed by atoms with Gasteiger partial charge >= 0.3 is 11.9 Å². The summed E-state index contributed by atoms with van der Waals surface area (Å²) in [6, 6.07) is 3.48. The number of esters is 2. The van der Waals surface area contributed by atoms with E-state index in [0.29, 0.717) is 68.6 Å². The number of carbonyl (C=O) groups is 3. The molecule has 1 aromatic carbocycles. The molecule has 0 spiro atoms. The minimum absolute atomic E-state index is 0.0348. The predicted molar refractivity (Wildman–Crippen MR) is 170 cm³/mol. The summed E-state index contributed by atoms with van der Waals surface area (Å²) in [6.07, 6.45) is 4.47. The van der Waals surface area contributed by atoms with E-state index in [1.165, 1.54) is 0 Å². The van der Waals surface area contributed by atoms with Crippen molar-refractivity contribution < 1.29 is 42.8 Å². The Kier molecular flexibility index (Phi) is 14.9. The summed E-state index contributed by atoms with van der Waals surface area (Å²) in [4.78, 5) is 38.8. The van der Waals surface area contributed by atoms with Crippen LogP contribution in [-0.2, 0) is 28.5 Å². The SMILES string of the molecule is CCCCOc1cc(C)c(C(=O)OCC(CNC(C)(C)CNC(=O)C2CCOC2)OC(=O)C2CC2COC)cc1OCCCC. The zero-order valence-electron chi connectivity index (χ0n) is 28.0. The number of rotatable bonds is 21. The van der Waals surface area contributed by atoms with E-state index < -0.39 is 17.6 Å². The first kappa shape index (κ1) is 36.6. The fourth-order valence-corrected chi connectivity index (χ4v) is 4.97. The number of amides is 1. The lowest BCUT2D eigenvalue weighted by molar-refractivity contribution is -0.153. The Morgan fingerprint density at radius 1 is 1.07 bits per heavy atom. The number of nitrogens with one attached hydrogen (secondary N) is 2. The summed E-state index contributed by atoms with van der Waals surface area (Å²) in [5.41, 5.74) is 0.547. The highest BCUT2D eigenvalue weighted by Gasteiger charge is 2.45. The van der Waals surface area contributed by atoms with E-state index in [1.807, 2.05) is 26.8 Å². The van der Waals surface area contributed by atoms with E-state index in [0.717, 1.165) is 32.1 Å². The highest BCUT2D eigenvalue weighted by molar-refractivity contribution is 5.92. The minimum atomic E-state index is -0.735. The monoisotopic (exact) mass is 634 g/mol. The van der Waals surface area contributed by atoms with Crippen LogP contribution in [-0.4, -0.2) is 89.3 Å². The van der Waals surface area contributed by atoms with Gasteiger partial charge in [0.15, 0.2) is 11.5 Å². The van der Waals surface area contributed by atoms with Gasteiger partial charge in [-0.2, -0.15) is 0 Å². The highest BCUT2D eigenvalue weighted by Crippen LogP contribution is 2.39. The van der Waals surface area contributed by atoms with Crippen LogP contribution in [0, 0.1) is 24.7 Å². The van der Waals surface area contributed by atoms with Gasteiger partial charge in [-0.15, -0.1) is 0 Å². The Balaban J connectivity index is 1.65. The second-order valence-electron chi connectivity index (χ2n) is 12.8. The van der Waals surface area contributed by atoms with Crippen LogP contribution in [0.3, 0.4) is 0 Å². The molecule has 1 saturated carbocycles. The van der Waals surface area contributed by atoms with E-state index in [2.05, 4.69) is 24.5 Å². The van der Waals surface area contributed by atoms with Gasteiger partial charge in [0.05, 0.1) is 37.2 Å². The quantitative estimate of drug-likeness (QED) is 0.150. The van der Waals surface area contributed by atoms with Crippen molar-refractivity contribution in [1.82, 2.24) is 10.6 Å². The molecule has 1 amide bonds. The molecule has 45 heavy (non-hydrogen) atoms. The number of benzene rings is 1. The molecule has 1 heterocycles. The van der Waals surface area contributed by atoms with Gasteiger partial charge in [0, 0.05) is 39.0 Å². The zero-order chi connectivity index (χ0) is 32.8. The van der Waals surface area contributed by atoms with E-state index in [4.69, 9.17) is 28.4 Å². The zero-order valence-corrected chi connectivity index (χ0v) is 28.0. The minimum Gasteiger partial charge on any atom is -0.490 e. The highest BCUT2D eigenvalue weighted by atomic mass is 16.6. The number of aryl methyl sites for hydroxylation is 1. The molecule has 0 radical (unpaired) electrons. The van der Waals surface area contributed by atoms with E-state index >= 15 is 0 Å². The molecule has 254 valence electrons. The molecule has 11 nitrogen and oxygen atoms in total. The Hall–Kier alpha value is -2.89. The van der Waals surface area contributed by atoms with E-state index in [-0.39, 0.29) is 42.8 Å². The number of unbranched alkanes of at least 4 members (excludes halogenated alkanes) is 2. The van der Waals surface area contributed by atoms with Gasteiger partial charge in [-0.1, -0.05) is 26.7 Å². The van der Waals surface area contributed by atoms with Crippen LogP contribution in [0.5, 0.6) is 11.5 Å². The first-order valence-electron chi connectivity index (χ1n) is 16.5. The molecule has 2 fully saturated rings. The largest absolute Gasteiger partial charge is 0.490 e. The van der Waals surface area contributed by atoms with Crippen LogP contribution in [0.2, 0.25) is 0 Å². The molecule has 4 atom stereocenters. The molecule has 0 bridgehead atoms. The molecular weight excluding hydrogens is 580 g/mol. The van der Waals surface area contributed by atoms with Crippen LogP contribution in [0.15, 0.2) is 12.1 Å². The lowest BCUT2D eigenvalue weighted by atomic mass is 10.0. The van der Waals surface area contributed by atoms with Gasteiger partial charge in [0.1, 0.15) is 12.7 Å². The molecule has 2 aliphatic rings. The first-order valence-corrected chi connectivity index (χ1v) is 16.5. The van der Waals surface area contributed by atoms with Crippen molar-refractivity contribution in [3.05, 3.63) is 23.3 Å². The van der Waals surface area contributed by atoms with Crippen LogP contribution >= 0.6 is 0 Å². The van der Waals surface area contributed by atoms with Crippen molar-refractivity contribution >= 4 is 17.8 Å². The second-order valence-corrected chi connectivity index (χ2v) is 12.8. The van der Waals surface area contributed by atoms with Crippen molar-refractivity contribution in [2.45, 2.75) is 84.8 Å². The van der Waals surface area contributed by atoms with Crippen molar-refractivity contribution in [3.8, 4) is 11.5 Å². The van der Waals surface area contributed by atoms with Gasteiger partial charge < -0.3 is 39.1 Å². The summed E-state index contributed by atoms with van der Waals surface area (Å²) in [6.45, 7) is 13.0. The summed E-state index contributed by atoms with van der Waals surface area (Å²) < 4.78 is 34.0. The van der Waals surface area contributed by atoms with Crippen LogP contribution < -0.4 is 20.1 Å². The maximum Gasteiger partial charge on any atom is 0.338 e. The third kappa shape index (κ3) is 12.1. The van der Waals surface area contributed by atoms with E-state index in [9.17, 15) is 14.4 Å². The summed E-state index contributed by atoms with van der Waals surface area (Å²) in [5.74, 6) is -0.0160. The average Bonchev–Trinajstić information content (AvgIpc) is 3.56. The van der Waals surface area contributed by atoms with Crippen LogP contribution in [0.25, 0.3) is 0 Å². The lowest BCUT2D eigenvalue weighted by Crippen LogP contribution is -2.53. The summed E-state index contributed by atoms with van der Waals surface area (Å²) in [7, 11) is 1.61. The van der Waals surface area contributed by atoms with Crippen molar-refractivity contribution in [1.29, 1.82) is 0 Å². The first-order chi connectivity index (χ1) is 21.6. The molecular formula is C34H54N2O9. The van der Waals surface area contributed by atoms with Gasteiger partial charge in [0.25, 0.3) is 0 Å². The lowest BCUT2D eigenvalue weighted by Gasteiger charge is -2.29. The smallest absolute Gasteiger partial charge is 0.338 e. The maximum absolute atomic E-state index is 13.3. The van der Waals surface area contributed by atoms with Crippen molar-refractivity contribution in [3.63, 3.8) is 0 Å². The predicted octanol–water partition coefficient (Wildman–Crippen LogP) is 4.22. The van der Waals surface area contributed by atoms with E-state index in [1.54, 1.807) is 13.2 Å². The normalized spacial score (nSPS) is 19.9. The summed E-state index contributed by atoms with van der Waals surface area (Å²) >= 11 is 0. The average molecular weight is 635 g/mol. The fourth-order valence-electron chi connectivity index (χ4n) is 4.97. The van der Waals surface area contributed by atoms with Gasteiger partial charge in [0.2, 0.25) is 5.91 Å². The molecule has 2 N–H and O–H groups in total. The molecule has 1 aromatic rings. The van der Waals surface area contributed by atoms with Crippen LogP contribution in [0.4, 0.5) is 0 Å². The molecule has 0 aromatic heterocycles. The Bertz CT molecular complexity index is 1100. The van der Waals surface area contributed by atoms with Crippen LogP contribution in [0.1, 0.15) is 82.1 Å². The van der Waals surface area contributed by atoms with Gasteiger partial charge in [-0.25, -0.2) is 4.79 Å². The molecule has 1 saturated heterocycles. The standard InChI is InChI=1S/C34H54N2O9/c1-7-9-12-42-29-15-23(3)27(17-30(29)43-13-10-8-2)32(38)44-21-26(45-33(39)28-16-25(28)19-40-6)18-36-34(4,5)22-35-31(37)24-11-14-41-20-24/h15,17,24-26,28,36H,7-14,16,18-22H2,1-6H3,(H,35,37). The number of ether oxygens (including phenoxy) is 6. The molecule has 1 aliphatic carbocycles. The number of carbonyl (C=O) groups excluding carboxylic acids is 3. The topological polar surface area (TPSA) is 131 Å². The Labute approximate surface area is 268 Å². The molecule has 11 heteroatoms. The molecule has 1 aliphatic heterocycles. The van der Waals surface area contributed by atoms with Gasteiger partial charge in [-0.05, 0) is 70.1 Å². The van der Waals surface area contributed by atoms with Crippen molar-refractivity contribution in [2.75, 3.05) is 59.8 Å². The second kappa shape index (κ2) is 18.3. The Morgan fingerprint density at radius 3 is 2.38 bits per heavy atom. The maximum atomic E-state index is 13.3. The molecule has 4 unspecified atom stereocenters. The third-order valence-corrected chi connectivity index (χ3v) is 8.12. The fraction of sp³-hybridized carbons (Fsp3) is 0.735. The number of methoxy groups -OCH3 is 1. The van der Waals surface area contributed by atoms with Gasteiger partial charge in [-0.3, -0.25) is 9.59 Å². The Morgan fingerprint density at radius 2 is 1.76 bits per heavy atom. The summed E-state index contributed by atoms with van der Waals surface area (Å²) in [5, 5.41) is 6.36. The third-order valence-electron chi connectivity index (χ3n) is 8.12. The molecule has 3 rings (SSSR count).